The van der Waals surface area contributed by atoms with Gasteiger partial charge in [-0.2, -0.15) is 0 Å². The molecule has 1 aliphatic heterocycles. The molecular weight excluding hydrogens is 379 g/mol. The van der Waals surface area contributed by atoms with E-state index in [9.17, 15) is 14.0 Å². The summed E-state index contributed by atoms with van der Waals surface area (Å²) in [7, 11) is 0. The number of nitrogens with one attached hydrogen (secondary N) is 1. The summed E-state index contributed by atoms with van der Waals surface area (Å²) in [5.74, 6) is -0.810. The Morgan fingerprint density at radius 2 is 1.86 bits per heavy atom. The summed E-state index contributed by atoms with van der Waals surface area (Å²) in [6.45, 7) is 3.89. The maximum absolute atomic E-state index is 13.6. The highest BCUT2D eigenvalue weighted by Gasteiger charge is 2.32. The minimum absolute atomic E-state index is 0.0181. The normalized spacial score (nSPS) is 15.5. The van der Waals surface area contributed by atoms with E-state index in [1.165, 1.54) is 23.1 Å². The maximum Gasteiger partial charge on any atom is 0.265 e. The second-order valence-corrected chi connectivity index (χ2v) is 6.36. The molecule has 0 aromatic heterocycles. The van der Waals surface area contributed by atoms with E-state index in [0.29, 0.717) is 16.9 Å². The number of nitrogens with zero attached hydrogens (tertiary/aromatic N) is 1. The van der Waals surface area contributed by atoms with Gasteiger partial charge in [-0.05, 0) is 42.1 Å². The van der Waals surface area contributed by atoms with Gasteiger partial charge in [0, 0.05) is 12.1 Å². The molecule has 0 bridgehead atoms. The highest BCUT2D eigenvalue weighted by molar-refractivity contribution is 7.80. The standard InChI is InChI=1S/C21H17FN2O3S/c1-2-11-24-20(26)17(19(25)23-21(24)28)12-14-7-9-16(10-8-14)27-13-15-5-3-4-6-18(15)22/h2-10,12H,1,11,13H2,(H,23,25,28). The summed E-state index contributed by atoms with van der Waals surface area (Å²) in [5.41, 5.74) is 1.08. The fraction of sp³-hybridized carbons (Fsp3) is 0.0952. The molecule has 142 valence electrons. The Balaban J connectivity index is 1.73. The molecule has 1 heterocycles. The van der Waals surface area contributed by atoms with Crippen LogP contribution in [0.4, 0.5) is 4.39 Å². The first-order valence-corrected chi connectivity index (χ1v) is 8.86. The minimum atomic E-state index is -0.546. The number of benzene rings is 2. The van der Waals surface area contributed by atoms with Gasteiger partial charge in [0.05, 0.1) is 0 Å². The van der Waals surface area contributed by atoms with Crippen LogP contribution in [0.2, 0.25) is 0 Å². The molecule has 2 aromatic carbocycles. The molecule has 1 saturated heterocycles. The molecule has 1 fully saturated rings. The molecule has 28 heavy (non-hydrogen) atoms. The molecule has 0 radical (unpaired) electrons. The third-order valence-electron chi connectivity index (χ3n) is 4.04. The molecule has 0 atom stereocenters. The number of carbonyl (C=O) groups is 2. The second-order valence-electron chi connectivity index (χ2n) is 5.97. The van der Waals surface area contributed by atoms with Crippen LogP contribution in [0.5, 0.6) is 5.75 Å². The molecule has 2 aromatic rings. The van der Waals surface area contributed by atoms with E-state index in [2.05, 4.69) is 11.9 Å². The average molecular weight is 396 g/mol. The summed E-state index contributed by atoms with van der Waals surface area (Å²) in [5, 5.41) is 2.55. The SMILES string of the molecule is C=CCN1C(=O)C(=Cc2ccc(OCc3ccccc3F)cc2)C(=O)NC1=S. The lowest BCUT2D eigenvalue weighted by atomic mass is 10.1. The lowest BCUT2D eigenvalue weighted by Crippen LogP contribution is -2.53. The van der Waals surface area contributed by atoms with E-state index in [1.54, 1.807) is 42.5 Å². The van der Waals surface area contributed by atoms with Crippen molar-refractivity contribution in [3.63, 3.8) is 0 Å². The zero-order valence-electron chi connectivity index (χ0n) is 14.9. The van der Waals surface area contributed by atoms with E-state index >= 15 is 0 Å². The smallest absolute Gasteiger partial charge is 0.265 e. The number of halogens is 1. The molecule has 0 unspecified atom stereocenters. The third-order valence-corrected chi connectivity index (χ3v) is 4.36. The van der Waals surface area contributed by atoms with Crippen LogP contribution in [0.15, 0.2) is 66.8 Å². The van der Waals surface area contributed by atoms with E-state index in [0.717, 1.165) is 0 Å². The van der Waals surface area contributed by atoms with Gasteiger partial charge in [0.2, 0.25) is 0 Å². The monoisotopic (exact) mass is 396 g/mol. The lowest BCUT2D eigenvalue weighted by Gasteiger charge is -2.27. The Morgan fingerprint density at radius 1 is 1.14 bits per heavy atom. The molecule has 0 aliphatic carbocycles. The van der Waals surface area contributed by atoms with Crippen LogP contribution in [0.3, 0.4) is 0 Å². The molecule has 1 aliphatic rings. The lowest BCUT2D eigenvalue weighted by molar-refractivity contribution is -0.128. The van der Waals surface area contributed by atoms with Crippen molar-refractivity contribution in [2.45, 2.75) is 6.61 Å². The average Bonchev–Trinajstić information content (AvgIpc) is 2.69. The van der Waals surface area contributed by atoms with Gasteiger partial charge < -0.3 is 4.74 Å². The van der Waals surface area contributed by atoms with Gasteiger partial charge in [0.25, 0.3) is 11.8 Å². The highest BCUT2D eigenvalue weighted by atomic mass is 32.1. The molecule has 0 saturated carbocycles. The largest absolute Gasteiger partial charge is 0.489 e. The van der Waals surface area contributed by atoms with Crippen molar-refractivity contribution in [1.82, 2.24) is 10.2 Å². The van der Waals surface area contributed by atoms with Crippen LogP contribution >= 0.6 is 12.2 Å². The first-order valence-electron chi connectivity index (χ1n) is 8.45. The van der Waals surface area contributed by atoms with Gasteiger partial charge in [0.15, 0.2) is 5.11 Å². The number of hydrogen-bond donors (Lipinski definition) is 1. The van der Waals surface area contributed by atoms with Crippen LogP contribution in [0.25, 0.3) is 6.08 Å². The molecule has 3 rings (SSSR count). The number of rotatable bonds is 6. The van der Waals surface area contributed by atoms with Crippen molar-refractivity contribution >= 4 is 35.2 Å². The van der Waals surface area contributed by atoms with Gasteiger partial charge >= 0.3 is 0 Å². The number of hydrogen-bond acceptors (Lipinski definition) is 4. The summed E-state index contributed by atoms with van der Waals surface area (Å²) >= 11 is 5.01. The number of ether oxygens (including phenoxy) is 1. The van der Waals surface area contributed by atoms with Crippen LogP contribution in [0, 0.1) is 5.82 Å². The Kier molecular flexibility index (Phi) is 5.96. The van der Waals surface area contributed by atoms with E-state index in [-0.39, 0.29) is 29.7 Å². The van der Waals surface area contributed by atoms with Gasteiger partial charge in [-0.3, -0.25) is 19.8 Å². The minimum Gasteiger partial charge on any atom is -0.489 e. The summed E-state index contributed by atoms with van der Waals surface area (Å²) < 4.78 is 19.2. The van der Waals surface area contributed by atoms with Gasteiger partial charge in [-0.15, -0.1) is 6.58 Å². The van der Waals surface area contributed by atoms with Crippen LogP contribution in [-0.2, 0) is 16.2 Å². The summed E-state index contributed by atoms with van der Waals surface area (Å²) in [6, 6.07) is 13.2. The number of carbonyl (C=O) groups excluding carboxylic acids is 2. The van der Waals surface area contributed by atoms with Crippen molar-refractivity contribution in [1.29, 1.82) is 0 Å². The molecular formula is C21H17FN2O3S. The molecule has 7 heteroatoms. The maximum atomic E-state index is 13.6. The van der Waals surface area contributed by atoms with Crippen LogP contribution in [-0.4, -0.2) is 28.4 Å². The fourth-order valence-electron chi connectivity index (χ4n) is 2.59. The predicted molar refractivity (Wildman–Crippen MR) is 108 cm³/mol. The Morgan fingerprint density at radius 3 is 2.54 bits per heavy atom. The molecule has 2 amide bonds. The van der Waals surface area contributed by atoms with E-state index in [4.69, 9.17) is 17.0 Å². The van der Waals surface area contributed by atoms with Gasteiger partial charge in [0.1, 0.15) is 23.7 Å². The van der Waals surface area contributed by atoms with Crippen molar-refractivity contribution in [3.05, 3.63) is 83.7 Å². The topological polar surface area (TPSA) is 58.6 Å². The first-order chi connectivity index (χ1) is 13.5. The number of thiocarbonyl (C=S) groups is 1. The summed E-state index contributed by atoms with van der Waals surface area (Å²) in [6.07, 6.45) is 3.01. The molecule has 1 N–H and O–H groups in total. The highest BCUT2D eigenvalue weighted by Crippen LogP contribution is 2.19. The van der Waals surface area contributed by atoms with Crippen molar-refractivity contribution in [3.8, 4) is 5.75 Å². The van der Waals surface area contributed by atoms with Crippen molar-refractivity contribution in [2.24, 2.45) is 0 Å². The quantitative estimate of drug-likeness (QED) is 0.353. The predicted octanol–water partition coefficient (Wildman–Crippen LogP) is 3.22. The summed E-state index contributed by atoms with van der Waals surface area (Å²) in [4.78, 5) is 25.9. The van der Waals surface area contributed by atoms with E-state index in [1.807, 2.05) is 0 Å². The van der Waals surface area contributed by atoms with Gasteiger partial charge in [-0.25, -0.2) is 4.39 Å². The number of amides is 2. The van der Waals surface area contributed by atoms with E-state index < -0.39 is 11.8 Å². The Bertz CT molecular complexity index is 970. The molecule has 0 spiro atoms. The fourth-order valence-corrected chi connectivity index (χ4v) is 2.84. The van der Waals surface area contributed by atoms with Crippen LogP contribution in [0.1, 0.15) is 11.1 Å². The second kappa shape index (κ2) is 8.58. The van der Waals surface area contributed by atoms with Gasteiger partial charge in [-0.1, -0.05) is 36.4 Å². The van der Waals surface area contributed by atoms with Crippen LogP contribution < -0.4 is 10.1 Å². The van der Waals surface area contributed by atoms with Crippen molar-refractivity contribution in [2.75, 3.05) is 6.54 Å². The first kappa shape index (κ1) is 19.4. The van der Waals surface area contributed by atoms with Crippen molar-refractivity contribution < 1.29 is 18.7 Å². The Labute approximate surface area is 167 Å². The Hall–Kier alpha value is -3.32. The zero-order valence-corrected chi connectivity index (χ0v) is 15.7. The molecule has 5 nitrogen and oxygen atoms in total. The third kappa shape index (κ3) is 4.32. The zero-order chi connectivity index (χ0) is 20.1.